The van der Waals surface area contributed by atoms with Crippen molar-refractivity contribution in [3.63, 3.8) is 0 Å². The number of amides is 1. The van der Waals surface area contributed by atoms with E-state index in [0.29, 0.717) is 12.1 Å². The van der Waals surface area contributed by atoms with Gasteiger partial charge in [0.1, 0.15) is 6.54 Å². The molecule has 0 aliphatic heterocycles. The number of aliphatic carboxylic acids is 1. The lowest BCUT2D eigenvalue weighted by atomic mass is 9.98. The van der Waals surface area contributed by atoms with E-state index >= 15 is 0 Å². The Morgan fingerprint density at radius 3 is 2.50 bits per heavy atom. The molecule has 0 bridgehead atoms. The monoisotopic (exact) mass is 326 g/mol. The Morgan fingerprint density at radius 1 is 1.17 bits per heavy atom. The minimum atomic E-state index is -1.01. The second kappa shape index (κ2) is 7.73. The third-order valence-electron chi connectivity index (χ3n) is 3.70. The molecule has 0 saturated heterocycles. The molecule has 1 aromatic heterocycles. The van der Waals surface area contributed by atoms with Gasteiger partial charge in [-0.3, -0.25) is 14.6 Å². The van der Waals surface area contributed by atoms with Crippen LogP contribution in [0.5, 0.6) is 0 Å². The molecule has 1 heterocycles. The Hall–Kier alpha value is -2.69. The van der Waals surface area contributed by atoms with Gasteiger partial charge in [0.05, 0.1) is 5.69 Å². The SMILES string of the molecule is Cc1c(C(=O)N(CC(=O)O)CC(C)C)cccc1-c1ccccn1. The van der Waals surface area contributed by atoms with Crippen LogP contribution in [0, 0.1) is 12.8 Å². The van der Waals surface area contributed by atoms with Crippen LogP contribution in [0.2, 0.25) is 0 Å². The van der Waals surface area contributed by atoms with Crippen LogP contribution in [-0.4, -0.2) is 40.0 Å². The number of hydrogen-bond acceptors (Lipinski definition) is 3. The highest BCUT2D eigenvalue weighted by atomic mass is 16.4. The zero-order valence-electron chi connectivity index (χ0n) is 14.2. The van der Waals surface area contributed by atoms with Crippen LogP contribution in [0.1, 0.15) is 29.8 Å². The Balaban J connectivity index is 2.40. The van der Waals surface area contributed by atoms with Gasteiger partial charge in [0.2, 0.25) is 0 Å². The summed E-state index contributed by atoms with van der Waals surface area (Å²) >= 11 is 0. The first kappa shape index (κ1) is 17.7. The summed E-state index contributed by atoms with van der Waals surface area (Å²) < 4.78 is 0. The average Bonchev–Trinajstić information content (AvgIpc) is 2.54. The maximum Gasteiger partial charge on any atom is 0.323 e. The van der Waals surface area contributed by atoms with Gasteiger partial charge in [0, 0.05) is 23.9 Å². The molecule has 0 aliphatic carbocycles. The van der Waals surface area contributed by atoms with Crippen molar-refractivity contribution in [3.8, 4) is 11.3 Å². The molecule has 1 N–H and O–H groups in total. The van der Waals surface area contributed by atoms with E-state index in [4.69, 9.17) is 5.11 Å². The molecule has 0 fully saturated rings. The lowest BCUT2D eigenvalue weighted by Gasteiger charge is -2.24. The predicted molar refractivity (Wildman–Crippen MR) is 92.8 cm³/mol. The van der Waals surface area contributed by atoms with Gasteiger partial charge >= 0.3 is 5.97 Å². The van der Waals surface area contributed by atoms with E-state index in [1.165, 1.54) is 4.90 Å². The van der Waals surface area contributed by atoms with Crippen molar-refractivity contribution in [2.45, 2.75) is 20.8 Å². The average molecular weight is 326 g/mol. The summed E-state index contributed by atoms with van der Waals surface area (Å²) in [6.45, 7) is 5.88. The minimum Gasteiger partial charge on any atom is -0.480 e. The zero-order valence-corrected chi connectivity index (χ0v) is 14.2. The van der Waals surface area contributed by atoms with Crippen molar-refractivity contribution in [3.05, 3.63) is 53.7 Å². The Labute approximate surface area is 142 Å². The molecule has 1 aromatic carbocycles. The van der Waals surface area contributed by atoms with E-state index in [1.807, 2.05) is 45.0 Å². The molecule has 2 rings (SSSR count). The second-order valence-corrected chi connectivity index (χ2v) is 6.17. The van der Waals surface area contributed by atoms with Crippen LogP contribution in [0.15, 0.2) is 42.6 Å². The van der Waals surface area contributed by atoms with Crippen LogP contribution >= 0.6 is 0 Å². The number of aromatic nitrogens is 1. The summed E-state index contributed by atoms with van der Waals surface area (Å²) in [6.07, 6.45) is 1.71. The fraction of sp³-hybridized carbons (Fsp3) is 0.316. The molecule has 126 valence electrons. The van der Waals surface area contributed by atoms with Crippen molar-refractivity contribution < 1.29 is 14.7 Å². The Bertz CT molecular complexity index is 727. The van der Waals surface area contributed by atoms with E-state index in [0.717, 1.165) is 16.8 Å². The minimum absolute atomic E-state index is 0.188. The van der Waals surface area contributed by atoms with Gasteiger partial charge in [0.25, 0.3) is 5.91 Å². The summed E-state index contributed by atoms with van der Waals surface area (Å²) in [5.74, 6) is -1.09. The highest BCUT2D eigenvalue weighted by Crippen LogP contribution is 2.25. The number of carboxylic acids is 1. The Kier molecular flexibility index (Phi) is 5.68. The molecule has 0 radical (unpaired) electrons. The maximum absolute atomic E-state index is 12.9. The predicted octanol–water partition coefficient (Wildman–Crippen LogP) is 3.24. The number of carbonyl (C=O) groups excluding carboxylic acids is 1. The fourth-order valence-electron chi connectivity index (χ4n) is 2.66. The van der Waals surface area contributed by atoms with Gasteiger partial charge in [-0.15, -0.1) is 0 Å². The van der Waals surface area contributed by atoms with Crippen LogP contribution < -0.4 is 0 Å². The van der Waals surface area contributed by atoms with E-state index in [9.17, 15) is 9.59 Å². The first-order valence-corrected chi connectivity index (χ1v) is 7.92. The highest BCUT2D eigenvalue weighted by molar-refractivity contribution is 5.98. The molecule has 0 aliphatic rings. The molecule has 24 heavy (non-hydrogen) atoms. The number of hydrogen-bond donors (Lipinski definition) is 1. The lowest BCUT2D eigenvalue weighted by Crippen LogP contribution is -2.38. The molecular formula is C19H22N2O3. The highest BCUT2D eigenvalue weighted by Gasteiger charge is 2.22. The first-order chi connectivity index (χ1) is 11.4. The number of carbonyl (C=O) groups is 2. The zero-order chi connectivity index (χ0) is 17.7. The van der Waals surface area contributed by atoms with Gasteiger partial charge in [-0.05, 0) is 36.6 Å². The largest absolute Gasteiger partial charge is 0.480 e. The number of rotatable bonds is 6. The molecular weight excluding hydrogens is 304 g/mol. The summed E-state index contributed by atoms with van der Waals surface area (Å²) in [7, 11) is 0. The Morgan fingerprint density at radius 2 is 1.92 bits per heavy atom. The summed E-state index contributed by atoms with van der Waals surface area (Å²) in [5, 5.41) is 9.09. The lowest BCUT2D eigenvalue weighted by molar-refractivity contribution is -0.137. The summed E-state index contributed by atoms with van der Waals surface area (Å²) in [4.78, 5) is 29.7. The van der Waals surface area contributed by atoms with Crippen molar-refractivity contribution in [2.75, 3.05) is 13.1 Å². The number of carboxylic acid groups (broad SMARTS) is 1. The molecule has 2 aromatic rings. The smallest absolute Gasteiger partial charge is 0.323 e. The quantitative estimate of drug-likeness (QED) is 0.884. The first-order valence-electron chi connectivity index (χ1n) is 7.92. The van der Waals surface area contributed by atoms with Gasteiger partial charge in [-0.1, -0.05) is 32.0 Å². The number of nitrogens with zero attached hydrogens (tertiary/aromatic N) is 2. The molecule has 0 spiro atoms. The van der Waals surface area contributed by atoms with Crippen LogP contribution in [-0.2, 0) is 4.79 Å². The second-order valence-electron chi connectivity index (χ2n) is 6.17. The molecule has 0 atom stereocenters. The van der Waals surface area contributed by atoms with Gasteiger partial charge < -0.3 is 10.0 Å². The van der Waals surface area contributed by atoms with Crippen molar-refractivity contribution >= 4 is 11.9 Å². The third kappa shape index (κ3) is 4.19. The van der Waals surface area contributed by atoms with Gasteiger partial charge in [-0.25, -0.2) is 0 Å². The van der Waals surface area contributed by atoms with Gasteiger partial charge in [-0.2, -0.15) is 0 Å². The summed E-state index contributed by atoms with van der Waals surface area (Å²) in [5.41, 5.74) is 2.99. The topological polar surface area (TPSA) is 70.5 Å². The molecule has 0 unspecified atom stereocenters. The molecule has 5 heteroatoms. The van der Waals surface area contributed by atoms with E-state index in [-0.39, 0.29) is 18.4 Å². The van der Waals surface area contributed by atoms with Crippen molar-refractivity contribution in [1.29, 1.82) is 0 Å². The standard InChI is InChI=1S/C19H22N2O3/c1-13(2)11-21(12-18(22)23)19(24)16-8-6-7-15(14(16)3)17-9-4-5-10-20-17/h4-10,13H,11-12H2,1-3H3,(H,22,23). The van der Waals surface area contributed by atoms with Crippen molar-refractivity contribution in [1.82, 2.24) is 9.88 Å². The molecule has 5 nitrogen and oxygen atoms in total. The fourth-order valence-corrected chi connectivity index (χ4v) is 2.66. The van der Waals surface area contributed by atoms with Crippen LogP contribution in [0.4, 0.5) is 0 Å². The summed E-state index contributed by atoms with van der Waals surface area (Å²) in [6, 6.07) is 11.1. The van der Waals surface area contributed by atoms with E-state index < -0.39 is 5.97 Å². The van der Waals surface area contributed by atoms with Crippen LogP contribution in [0.3, 0.4) is 0 Å². The van der Waals surface area contributed by atoms with E-state index in [1.54, 1.807) is 18.3 Å². The van der Waals surface area contributed by atoms with Crippen molar-refractivity contribution in [2.24, 2.45) is 5.92 Å². The van der Waals surface area contributed by atoms with Crippen LogP contribution in [0.25, 0.3) is 11.3 Å². The normalized spacial score (nSPS) is 10.7. The maximum atomic E-state index is 12.9. The van der Waals surface area contributed by atoms with Gasteiger partial charge in [0.15, 0.2) is 0 Å². The molecule has 0 saturated carbocycles. The molecule has 1 amide bonds. The third-order valence-corrected chi connectivity index (χ3v) is 3.70. The number of benzene rings is 1. The number of pyridine rings is 1. The van der Waals surface area contributed by atoms with E-state index in [2.05, 4.69) is 4.98 Å².